The summed E-state index contributed by atoms with van der Waals surface area (Å²) in [5.74, 6) is 0.416. The van der Waals surface area contributed by atoms with Crippen LogP contribution in [0.5, 0.6) is 0 Å². The molecule has 2 unspecified atom stereocenters. The van der Waals surface area contributed by atoms with Crippen LogP contribution in [0, 0.1) is 0 Å². The second kappa shape index (κ2) is 5.06. The van der Waals surface area contributed by atoms with Gasteiger partial charge in [-0.05, 0) is 12.8 Å². The van der Waals surface area contributed by atoms with Crippen molar-refractivity contribution in [3.8, 4) is 0 Å². The molecule has 0 saturated carbocycles. The summed E-state index contributed by atoms with van der Waals surface area (Å²) >= 11 is 0. The van der Waals surface area contributed by atoms with Gasteiger partial charge in [0.05, 0.1) is 24.2 Å². The average molecular weight is 223 g/mol. The fourth-order valence-electron chi connectivity index (χ4n) is 1.55. The predicted octanol–water partition coefficient (Wildman–Crippen LogP) is -1.49. The Bertz CT molecular complexity index is 265. The number of rotatable bonds is 4. The molecule has 84 valence electrons. The molecule has 2 atom stereocenters. The molecule has 0 amide bonds. The van der Waals surface area contributed by atoms with E-state index in [-0.39, 0.29) is 30.7 Å². The molecule has 14 heavy (non-hydrogen) atoms. The van der Waals surface area contributed by atoms with Crippen LogP contribution in [0.3, 0.4) is 0 Å². The number of nitrogens with one attached hydrogen (secondary N) is 1. The first kappa shape index (κ1) is 11.9. The van der Waals surface area contributed by atoms with E-state index in [0.717, 1.165) is 6.42 Å². The molecule has 0 bridgehead atoms. The van der Waals surface area contributed by atoms with E-state index >= 15 is 0 Å². The van der Waals surface area contributed by atoms with Crippen LogP contribution in [0.2, 0.25) is 0 Å². The number of sulfone groups is 1. The van der Waals surface area contributed by atoms with Gasteiger partial charge >= 0.3 is 0 Å². The summed E-state index contributed by atoms with van der Waals surface area (Å²) < 4.78 is 22.4. The fourth-order valence-corrected chi connectivity index (χ4v) is 3.22. The molecule has 1 rings (SSSR count). The van der Waals surface area contributed by atoms with Gasteiger partial charge in [0.25, 0.3) is 0 Å². The van der Waals surface area contributed by atoms with E-state index in [4.69, 9.17) is 10.2 Å². The van der Waals surface area contributed by atoms with E-state index in [2.05, 4.69) is 5.32 Å². The monoisotopic (exact) mass is 223 g/mol. The van der Waals surface area contributed by atoms with E-state index in [1.54, 1.807) is 0 Å². The second-order valence-electron chi connectivity index (χ2n) is 3.70. The van der Waals surface area contributed by atoms with Crippen LogP contribution in [0.25, 0.3) is 0 Å². The van der Waals surface area contributed by atoms with Crippen LogP contribution < -0.4 is 5.32 Å². The Morgan fingerprint density at radius 1 is 1.50 bits per heavy atom. The maximum Gasteiger partial charge on any atom is 0.151 e. The quantitative estimate of drug-likeness (QED) is 0.540. The molecule has 3 N–H and O–H groups in total. The summed E-state index contributed by atoms with van der Waals surface area (Å²) in [5.41, 5.74) is 0. The molecule has 0 aliphatic carbocycles. The second-order valence-corrected chi connectivity index (χ2v) is 5.93. The SMILES string of the molecule is O=S1(=O)CCCC(NCC(O)CO)C1. The maximum absolute atomic E-state index is 11.2. The van der Waals surface area contributed by atoms with Gasteiger partial charge in [0.2, 0.25) is 0 Å². The summed E-state index contributed by atoms with van der Waals surface area (Å²) in [7, 11) is -2.89. The zero-order chi connectivity index (χ0) is 10.6. The summed E-state index contributed by atoms with van der Waals surface area (Å²) in [4.78, 5) is 0. The highest BCUT2D eigenvalue weighted by atomic mass is 32.2. The lowest BCUT2D eigenvalue weighted by Gasteiger charge is -2.23. The zero-order valence-electron chi connectivity index (χ0n) is 8.02. The predicted molar refractivity (Wildman–Crippen MR) is 52.8 cm³/mol. The highest BCUT2D eigenvalue weighted by Gasteiger charge is 2.24. The van der Waals surface area contributed by atoms with Gasteiger partial charge in [0.15, 0.2) is 9.84 Å². The first-order valence-electron chi connectivity index (χ1n) is 4.76. The van der Waals surface area contributed by atoms with Crippen LogP contribution in [0.4, 0.5) is 0 Å². The van der Waals surface area contributed by atoms with E-state index in [0.29, 0.717) is 6.42 Å². The average Bonchev–Trinajstić information content (AvgIpc) is 2.12. The standard InChI is InChI=1S/C8H17NO4S/c10-5-8(11)4-9-7-2-1-3-14(12,13)6-7/h7-11H,1-6H2. The normalized spacial score (nSPS) is 28.6. The van der Waals surface area contributed by atoms with Crippen molar-refractivity contribution < 1.29 is 18.6 Å². The molecule has 1 heterocycles. The van der Waals surface area contributed by atoms with Gasteiger partial charge in [-0.2, -0.15) is 0 Å². The van der Waals surface area contributed by atoms with Crippen molar-refractivity contribution >= 4 is 9.84 Å². The fraction of sp³-hybridized carbons (Fsp3) is 1.00. The Morgan fingerprint density at radius 2 is 2.21 bits per heavy atom. The van der Waals surface area contributed by atoms with Crippen LogP contribution in [-0.2, 0) is 9.84 Å². The highest BCUT2D eigenvalue weighted by Crippen LogP contribution is 2.11. The van der Waals surface area contributed by atoms with Gasteiger partial charge in [-0.15, -0.1) is 0 Å². The molecule has 0 aromatic rings. The molecule has 0 radical (unpaired) electrons. The Labute approximate surface area is 84.1 Å². The van der Waals surface area contributed by atoms with Gasteiger partial charge < -0.3 is 15.5 Å². The molecule has 0 aromatic heterocycles. The molecule has 1 aliphatic rings. The lowest BCUT2D eigenvalue weighted by molar-refractivity contribution is 0.0920. The topological polar surface area (TPSA) is 86.6 Å². The molecule has 1 fully saturated rings. The number of aliphatic hydroxyl groups excluding tert-OH is 2. The van der Waals surface area contributed by atoms with Crippen LogP contribution >= 0.6 is 0 Å². The molecular weight excluding hydrogens is 206 g/mol. The third kappa shape index (κ3) is 3.91. The molecule has 1 aliphatic heterocycles. The number of hydrogen-bond donors (Lipinski definition) is 3. The van der Waals surface area contributed by atoms with Gasteiger partial charge in [-0.1, -0.05) is 0 Å². The molecule has 6 heteroatoms. The summed E-state index contributed by atoms with van der Waals surface area (Å²) in [5, 5.41) is 20.6. The van der Waals surface area contributed by atoms with Crippen LogP contribution in [-0.4, -0.2) is 55.4 Å². The molecule has 0 aromatic carbocycles. The lowest BCUT2D eigenvalue weighted by atomic mass is 10.2. The zero-order valence-corrected chi connectivity index (χ0v) is 8.83. The molecular formula is C8H17NO4S. The largest absolute Gasteiger partial charge is 0.394 e. The Hall–Kier alpha value is -0.170. The van der Waals surface area contributed by atoms with E-state index in [9.17, 15) is 8.42 Å². The maximum atomic E-state index is 11.2. The minimum atomic E-state index is -2.89. The van der Waals surface area contributed by atoms with Crippen LogP contribution in [0.15, 0.2) is 0 Å². The minimum Gasteiger partial charge on any atom is -0.394 e. The van der Waals surface area contributed by atoms with Crippen molar-refractivity contribution in [1.82, 2.24) is 5.32 Å². The van der Waals surface area contributed by atoms with Crippen molar-refractivity contribution in [2.24, 2.45) is 0 Å². The Kier molecular flexibility index (Phi) is 4.31. The van der Waals surface area contributed by atoms with Crippen molar-refractivity contribution in [1.29, 1.82) is 0 Å². The van der Waals surface area contributed by atoms with Gasteiger partial charge in [0.1, 0.15) is 0 Å². The molecule has 5 nitrogen and oxygen atoms in total. The Morgan fingerprint density at radius 3 is 2.79 bits per heavy atom. The van der Waals surface area contributed by atoms with E-state index in [1.165, 1.54) is 0 Å². The summed E-state index contributed by atoms with van der Waals surface area (Å²) in [6.45, 7) is -0.0524. The van der Waals surface area contributed by atoms with Crippen LogP contribution in [0.1, 0.15) is 12.8 Å². The smallest absolute Gasteiger partial charge is 0.151 e. The summed E-state index contributed by atoms with van der Waals surface area (Å²) in [6, 6.07) is -0.0741. The first-order valence-corrected chi connectivity index (χ1v) is 6.58. The number of aliphatic hydroxyl groups is 2. The molecule has 1 saturated heterocycles. The van der Waals surface area contributed by atoms with Gasteiger partial charge in [0, 0.05) is 12.6 Å². The number of hydrogen-bond acceptors (Lipinski definition) is 5. The van der Waals surface area contributed by atoms with Crippen molar-refractivity contribution in [3.05, 3.63) is 0 Å². The van der Waals surface area contributed by atoms with Crippen molar-refractivity contribution in [2.45, 2.75) is 25.0 Å². The first-order chi connectivity index (χ1) is 6.53. The van der Waals surface area contributed by atoms with E-state index < -0.39 is 15.9 Å². The highest BCUT2D eigenvalue weighted by molar-refractivity contribution is 7.91. The van der Waals surface area contributed by atoms with E-state index in [1.807, 2.05) is 0 Å². The molecule has 0 spiro atoms. The lowest BCUT2D eigenvalue weighted by Crippen LogP contribution is -2.43. The summed E-state index contributed by atoms with van der Waals surface area (Å²) in [6.07, 6.45) is 0.687. The van der Waals surface area contributed by atoms with Crippen molar-refractivity contribution in [3.63, 3.8) is 0 Å². The van der Waals surface area contributed by atoms with Crippen molar-refractivity contribution in [2.75, 3.05) is 24.7 Å². The third-order valence-corrected chi connectivity index (χ3v) is 4.14. The third-order valence-electron chi connectivity index (χ3n) is 2.32. The minimum absolute atomic E-state index is 0.0741. The van der Waals surface area contributed by atoms with Gasteiger partial charge in [-0.25, -0.2) is 8.42 Å². The Balaban J connectivity index is 2.31. The van der Waals surface area contributed by atoms with Gasteiger partial charge in [-0.3, -0.25) is 0 Å².